The van der Waals surface area contributed by atoms with Crippen LogP contribution in [0.4, 0.5) is 0 Å². The van der Waals surface area contributed by atoms with E-state index in [1.807, 2.05) is 18.2 Å². The Balaban J connectivity index is 2.61. The van der Waals surface area contributed by atoms with Crippen molar-refractivity contribution in [2.24, 2.45) is 0 Å². The highest BCUT2D eigenvalue weighted by Gasteiger charge is 2.07. The van der Waals surface area contributed by atoms with Gasteiger partial charge >= 0.3 is 0 Å². The molecule has 0 aliphatic heterocycles. The summed E-state index contributed by atoms with van der Waals surface area (Å²) >= 11 is 0. The van der Waals surface area contributed by atoms with Crippen molar-refractivity contribution in [2.75, 3.05) is 27.9 Å². The number of hydrogen-bond donors (Lipinski definition) is 1. The normalized spacial score (nSPS) is 12.2. The van der Waals surface area contributed by atoms with Gasteiger partial charge in [-0.25, -0.2) is 0 Å². The van der Waals surface area contributed by atoms with Crippen LogP contribution >= 0.6 is 0 Å². The molecular weight excluding hydrogens is 230 g/mol. The molecule has 0 radical (unpaired) electrons. The molecule has 1 rings (SSSR count). The zero-order valence-corrected chi connectivity index (χ0v) is 11.7. The molecule has 0 heterocycles. The quantitative estimate of drug-likeness (QED) is 0.771. The maximum Gasteiger partial charge on any atom is 0.161 e. The van der Waals surface area contributed by atoms with Crippen LogP contribution in [0.3, 0.4) is 0 Å². The maximum atomic E-state index is 5.28. The van der Waals surface area contributed by atoms with Gasteiger partial charge in [0.1, 0.15) is 0 Å². The van der Waals surface area contributed by atoms with E-state index in [1.165, 1.54) is 5.56 Å². The van der Waals surface area contributed by atoms with Crippen LogP contribution in [0.5, 0.6) is 11.5 Å². The fourth-order valence-electron chi connectivity index (χ4n) is 1.78. The lowest BCUT2D eigenvalue weighted by molar-refractivity contribution is 0.164. The molecule has 102 valence electrons. The van der Waals surface area contributed by atoms with E-state index < -0.39 is 0 Å². The van der Waals surface area contributed by atoms with E-state index in [0.717, 1.165) is 31.1 Å². The number of nitrogens with one attached hydrogen (secondary N) is 1. The highest BCUT2D eigenvalue weighted by molar-refractivity contribution is 5.42. The summed E-state index contributed by atoms with van der Waals surface area (Å²) in [6, 6.07) is 6.33. The van der Waals surface area contributed by atoms with Crippen LogP contribution in [-0.2, 0) is 11.3 Å². The van der Waals surface area contributed by atoms with Gasteiger partial charge in [0.2, 0.25) is 0 Å². The summed E-state index contributed by atoms with van der Waals surface area (Å²) in [5, 5.41) is 3.45. The van der Waals surface area contributed by atoms with Crippen LogP contribution in [0.1, 0.15) is 18.9 Å². The van der Waals surface area contributed by atoms with E-state index >= 15 is 0 Å². The lowest BCUT2D eigenvalue weighted by atomic mass is 10.1. The van der Waals surface area contributed by atoms with Gasteiger partial charge in [0.25, 0.3) is 0 Å². The van der Waals surface area contributed by atoms with E-state index in [2.05, 4.69) is 12.2 Å². The minimum atomic E-state index is 0.378. The molecule has 0 aromatic heterocycles. The fourth-order valence-corrected chi connectivity index (χ4v) is 1.78. The molecule has 1 N–H and O–H groups in total. The lowest BCUT2D eigenvalue weighted by Gasteiger charge is -2.16. The molecule has 0 aliphatic rings. The Hall–Kier alpha value is -1.26. The van der Waals surface area contributed by atoms with Crippen LogP contribution in [0, 0.1) is 0 Å². The summed E-state index contributed by atoms with van der Waals surface area (Å²) in [7, 11) is 5.01. The minimum Gasteiger partial charge on any atom is -0.493 e. The molecule has 0 spiro atoms. The molecular formula is C14H23NO3. The third-order valence-electron chi connectivity index (χ3n) is 2.90. The molecule has 0 aliphatic carbocycles. The summed E-state index contributed by atoms with van der Waals surface area (Å²) in [5.41, 5.74) is 1.17. The Morgan fingerprint density at radius 3 is 2.39 bits per heavy atom. The van der Waals surface area contributed by atoms with E-state index in [4.69, 9.17) is 14.2 Å². The van der Waals surface area contributed by atoms with E-state index in [-0.39, 0.29) is 0 Å². The minimum absolute atomic E-state index is 0.378. The number of methoxy groups -OCH3 is 3. The second kappa shape index (κ2) is 7.95. The predicted octanol–water partition coefficient (Wildman–Crippen LogP) is 2.22. The third kappa shape index (κ3) is 4.20. The predicted molar refractivity (Wildman–Crippen MR) is 72.3 cm³/mol. The van der Waals surface area contributed by atoms with Crippen LogP contribution in [-0.4, -0.2) is 34.0 Å². The molecule has 0 amide bonds. The zero-order valence-electron chi connectivity index (χ0n) is 11.7. The third-order valence-corrected chi connectivity index (χ3v) is 2.90. The average Bonchev–Trinajstić information content (AvgIpc) is 2.42. The Labute approximate surface area is 109 Å². The highest BCUT2D eigenvalue weighted by Crippen LogP contribution is 2.27. The van der Waals surface area contributed by atoms with Crippen LogP contribution < -0.4 is 14.8 Å². The second-order valence-corrected chi connectivity index (χ2v) is 4.13. The van der Waals surface area contributed by atoms with E-state index in [0.29, 0.717) is 6.04 Å². The number of rotatable bonds is 8. The monoisotopic (exact) mass is 253 g/mol. The Morgan fingerprint density at radius 1 is 1.11 bits per heavy atom. The van der Waals surface area contributed by atoms with Crippen molar-refractivity contribution in [3.8, 4) is 11.5 Å². The van der Waals surface area contributed by atoms with Crippen LogP contribution in [0.15, 0.2) is 18.2 Å². The molecule has 0 fully saturated rings. The molecule has 4 heteroatoms. The maximum absolute atomic E-state index is 5.28. The van der Waals surface area contributed by atoms with Gasteiger partial charge in [-0.2, -0.15) is 0 Å². The van der Waals surface area contributed by atoms with Crippen LogP contribution in [0.25, 0.3) is 0 Å². The lowest BCUT2D eigenvalue weighted by Crippen LogP contribution is -2.31. The first-order valence-electron chi connectivity index (χ1n) is 6.18. The second-order valence-electron chi connectivity index (χ2n) is 4.13. The molecule has 1 aromatic carbocycles. The average molecular weight is 253 g/mol. The van der Waals surface area contributed by atoms with Crippen molar-refractivity contribution in [1.29, 1.82) is 0 Å². The Morgan fingerprint density at radius 2 is 1.83 bits per heavy atom. The smallest absolute Gasteiger partial charge is 0.161 e. The molecule has 4 nitrogen and oxygen atoms in total. The van der Waals surface area contributed by atoms with Gasteiger partial charge in [-0.05, 0) is 24.1 Å². The zero-order chi connectivity index (χ0) is 13.4. The SMILES string of the molecule is CCC(COC)NCc1ccc(OC)c(OC)c1. The first-order chi connectivity index (χ1) is 8.74. The van der Waals surface area contributed by atoms with Crippen molar-refractivity contribution < 1.29 is 14.2 Å². The van der Waals surface area contributed by atoms with Crippen molar-refractivity contribution in [3.05, 3.63) is 23.8 Å². The number of hydrogen-bond acceptors (Lipinski definition) is 4. The molecule has 18 heavy (non-hydrogen) atoms. The van der Waals surface area contributed by atoms with Crippen molar-refractivity contribution in [3.63, 3.8) is 0 Å². The highest BCUT2D eigenvalue weighted by atomic mass is 16.5. The Kier molecular flexibility index (Phi) is 6.54. The van der Waals surface area contributed by atoms with Gasteiger partial charge in [0, 0.05) is 19.7 Å². The standard InChI is InChI=1S/C14H23NO3/c1-5-12(10-16-2)15-9-11-6-7-13(17-3)14(8-11)18-4/h6-8,12,15H,5,9-10H2,1-4H3. The molecule has 0 saturated carbocycles. The molecule has 1 unspecified atom stereocenters. The molecule has 1 atom stereocenters. The van der Waals surface area contributed by atoms with E-state index in [9.17, 15) is 0 Å². The summed E-state index contributed by atoms with van der Waals surface area (Å²) in [6.45, 7) is 3.66. The summed E-state index contributed by atoms with van der Waals surface area (Å²) in [4.78, 5) is 0. The number of ether oxygens (including phenoxy) is 3. The summed E-state index contributed by atoms with van der Waals surface area (Å²) < 4.78 is 15.6. The van der Waals surface area contributed by atoms with Gasteiger partial charge in [0.05, 0.1) is 20.8 Å². The van der Waals surface area contributed by atoms with Crippen molar-refractivity contribution in [2.45, 2.75) is 25.9 Å². The topological polar surface area (TPSA) is 39.7 Å². The van der Waals surface area contributed by atoms with Crippen LogP contribution in [0.2, 0.25) is 0 Å². The van der Waals surface area contributed by atoms with Gasteiger partial charge in [-0.1, -0.05) is 13.0 Å². The molecule has 0 bridgehead atoms. The van der Waals surface area contributed by atoms with Crippen molar-refractivity contribution in [1.82, 2.24) is 5.32 Å². The van der Waals surface area contributed by atoms with E-state index in [1.54, 1.807) is 21.3 Å². The van der Waals surface area contributed by atoms with Gasteiger partial charge < -0.3 is 19.5 Å². The summed E-state index contributed by atoms with van der Waals surface area (Å²) in [6.07, 6.45) is 1.04. The first kappa shape index (κ1) is 14.8. The Bertz CT molecular complexity index is 355. The first-order valence-corrected chi connectivity index (χ1v) is 6.18. The van der Waals surface area contributed by atoms with Crippen molar-refractivity contribution >= 4 is 0 Å². The van der Waals surface area contributed by atoms with Gasteiger partial charge in [-0.3, -0.25) is 0 Å². The number of benzene rings is 1. The van der Waals surface area contributed by atoms with Gasteiger partial charge in [-0.15, -0.1) is 0 Å². The largest absolute Gasteiger partial charge is 0.493 e. The summed E-state index contributed by atoms with van der Waals surface area (Å²) in [5.74, 6) is 1.52. The van der Waals surface area contributed by atoms with Gasteiger partial charge in [0.15, 0.2) is 11.5 Å². The molecule has 0 saturated heterocycles. The fraction of sp³-hybridized carbons (Fsp3) is 0.571. The molecule has 1 aromatic rings.